The first-order valence-corrected chi connectivity index (χ1v) is 6.13. The Morgan fingerprint density at radius 3 is 2.40 bits per heavy atom. The summed E-state index contributed by atoms with van der Waals surface area (Å²) >= 11 is 2.27. The summed E-state index contributed by atoms with van der Waals surface area (Å²) in [6.07, 6.45) is 1.35. The highest BCUT2D eigenvalue weighted by Gasteiger charge is 2.24. The Balaban J connectivity index is 2.70. The molecular formula is C12H17IO2. The lowest BCUT2D eigenvalue weighted by Crippen LogP contribution is -2.35. The van der Waals surface area contributed by atoms with Crippen LogP contribution >= 0.6 is 22.6 Å². The molecule has 0 aliphatic rings. The Kier molecular flexibility index (Phi) is 5.02. The fraction of sp³-hybridized carbons (Fsp3) is 0.500. The molecule has 0 aliphatic heterocycles. The molecule has 0 spiro atoms. The lowest BCUT2D eigenvalue weighted by atomic mass is 9.93. The monoisotopic (exact) mass is 320 g/mol. The van der Waals surface area contributed by atoms with Gasteiger partial charge < -0.3 is 9.84 Å². The van der Waals surface area contributed by atoms with E-state index in [2.05, 4.69) is 46.9 Å². The maximum Gasteiger partial charge on any atom is 0.0917 e. The van der Waals surface area contributed by atoms with Gasteiger partial charge in [-0.15, -0.1) is 0 Å². The summed E-state index contributed by atoms with van der Waals surface area (Å²) in [5.74, 6) is 0. The van der Waals surface area contributed by atoms with Crippen LogP contribution in [0.1, 0.15) is 18.9 Å². The number of benzene rings is 1. The lowest BCUT2D eigenvalue weighted by Gasteiger charge is -2.25. The molecule has 15 heavy (non-hydrogen) atoms. The highest BCUT2D eigenvalue weighted by Crippen LogP contribution is 2.18. The first-order chi connectivity index (χ1) is 7.09. The van der Waals surface area contributed by atoms with Crippen LogP contribution in [-0.4, -0.2) is 24.4 Å². The van der Waals surface area contributed by atoms with Crippen molar-refractivity contribution in [2.75, 3.05) is 13.7 Å². The maximum atomic E-state index is 10.2. The van der Waals surface area contributed by atoms with Crippen LogP contribution in [-0.2, 0) is 11.2 Å². The molecule has 0 aromatic heterocycles. The molecule has 84 valence electrons. The minimum atomic E-state index is -0.735. The molecule has 1 rings (SSSR count). The predicted octanol–water partition coefficient (Wildman–Crippen LogP) is 2.62. The van der Waals surface area contributed by atoms with Crippen molar-refractivity contribution in [3.63, 3.8) is 0 Å². The van der Waals surface area contributed by atoms with Crippen molar-refractivity contribution in [3.05, 3.63) is 33.4 Å². The number of methoxy groups -OCH3 is 1. The molecule has 3 heteroatoms. The molecule has 0 heterocycles. The van der Waals surface area contributed by atoms with E-state index in [0.717, 1.165) is 5.56 Å². The SMILES string of the molecule is CCC(O)(COC)Cc1ccc(I)cc1. The van der Waals surface area contributed by atoms with Gasteiger partial charge >= 0.3 is 0 Å². The van der Waals surface area contributed by atoms with Crippen molar-refractivity contribution >= 4 is 22.6 Å². The molecule has 0 fully saturated rings. The second-order valence-electron chi connectivity index (χ2n) is 3.81. The molecule has 1 N–H and O–H groups in total. The summed E-state index contributed by atoms with van der Waals surface area (Å²) in [5.41, 5.74) is 0.415. The van der Waals surface area contributed by atoms with Crippen LogP contribution in [0.4, 0.5) is 0 Å². The second kappa shape index (κ2) is 5.82. The predicted molar refractivity (Wildman–Crippen MR) is 70.0 cm³/mol. The number of ether oxygens (including phenoxy) is 1. The zero-order valence-corrected chi connectivity index (χ0v) is 11.3. The van der Waals surface area contributed by atoms with E-state index in [4.69, 9.17) is 4.74 Å². The van der Waals surface area contributed by atoms with Gasteiger partial charge in [-0.05, 0) is 46.7 Å². The minimum Gasteiger partial charge on any atom is -0.387 e. The average Bonchev–Trinajstić information content (AvgIpc) is 2.22. The molecule has 0 saturated carbocycles. The summed E-state index contributed by atoms with van der Waals surface area (Å²) < 4.78 is 6.25. The summed E-state index contributed by atoms with van der Waals surface area (Å²) in [6.45, 7) is 2.36. The number of rotatable bonds is 5. The maximum absolute atomic E-state index is 10.2. The first-order valence-electron chi connectivity index (χ1n) is 5.05. The number of hydrogen-bond acceptors (Lipinski definition) is 2. The van der Waals surface area contributed by atoms with Crippen LogP contribution in [0, 0.1) is 3.57 Å². The van der Waals surface area contributed by atoms with Crippen LogP contribution in [0.5, 0.6) is 0 Å². The van der Waals surface area contributed by atoms with E-state index < -0.39 is 5.60 Å². The topological polar surface area (TPSA) is 29.5 Å². The van der Waals surface area contributed by atoms with Crippen LogP contribution in [0.2, 0.25) is 0 Å². The molecule has 1 unspecified atom stereocenters. The molecular weight excluding hydrogens is 303 g/mol. The summed E-state index contributed by atoms with van der Waals surface area (Å²) in [5, 5.41) is 10.2. The van der Waals surface area contributed by atoms with Gasteiger partial charge in [0.05, 0.1) is 12.2 Å². The van der Waals surface area contributed by atoms with Crippen LogP contribution in [0.3, 0.4) is 0 Å². The van der Waals surface area contributed by atoms with Gasteiger partial charge in [-0.1, -0.05) is 19.1 Å². The lowest BCUT2D eigenvalue weighted by molar-refractivity contribution is -0.0333. The molecule has 1 atom stereocenters. The fourth-order valence-electron chi connectivity index (χ4n) is 1.53. The molecule has 1 aromatic rings. The Morgan fingerprint density at radius 2 is 1.93 bits per heavy atom. The van der Waals surface area contributed by atoms with Gasteiger partial charge in [0.15, 0.2) is 0 Å². The van der Waals surface area contributed by atoms with Crippen molar-refractivity contribution in [3.8, 4) is 0 Å². The minimum absolute atomic E-state index is 0.384. The molecule has 0 amide bonds. The Labute approximate surface area is 105 Å². The van der Waals surface area contributed by atoms with Gasteiger partial charge in [-0.3, -0.25) is 0 Å². The molecule has 1 aromatic carbocycles. The zero-order chi connectivity index (χ0) is 11.3. The Bertz CT molecular complexity index is 297. The molecule has 2 nitrogen and oxygen atoms in total. The second-order valence-corrected chi connectivity index (χ2v) is 5.06. The van der Waals surface area contributed by atoms with Gasteiger partial charge in [0, 0.05) is 17.1 Å². The number of aliphatic hydroxyl groups is 1. The van der Waals surface area contributed by atoms with Crippen molar-refractivity contribution in [2.45, 2.75) is 25.4 Å². The molecule has 0 radical (unpaired) electrons. The quantitative estimate of drug-likeness (QED) is 0.845. The van der Waals surface area contributed by atoms with Gasteiger partial charge in [0.25, 0.3) is 0 Å². The van der Waals surface area contributed by atoms with Crippen molar-refractivity contribution in [2.24, 2.45) is 0 Å². The zero-order valence-electron chi connectivity index (χ0n) is 9.16. The van der Waals surface area contributed by atoms with Crippen LogP contribution < -0.4 is 0 Å². The van der Waals surface area contributed by atoms with E-state index in [0.29, 0.717) is 19.4 Å². The Hall–Kier alpha value is -0.130. The fourth-order valence-corrected chi connectivity index (χ4v) is 1.89. The standard InChI is InChI=1S/C12H17IO2/c1-3-12(14,9-15-2)8-10-4-6-11(13)7-5-10/h4-7,14H,3,8-9H2,1-2H3. The summed E-state index contributed by atoms with van der Waals surface area (Å²) in [4.78, 5) is 0. The van der Waals surface area contributed by atoms with Crippen molar-refractivity contribution < 1.29 is 9.84 Å². The van der Waals surface area contributed by atoms with Gasteiger partial charge in [-0.25, -0.2) is 0 Å². The van der Waals surface area contributed by atoms with E-state index in [1.54, 1.807) is 7.11 Å². The smallest absolute Gasteiger partial charge is 0.0917 e. The molecule has 0 aliphatic carbocycles. The summed E-state index contributed by atoms with van der Waals surface area (Å²) in [7, 11) is 1.62. The van der Waals surface area contributed by atoms with Crippen molar-refractivity contribution in [1.82, 2.24) is 0 Å². The highest BCUT2D eigenvalue weighted by atomic mass is 127. The third-order valence-electron chi connectivity index (χ3n) is 2.52. The third kappa shape index (κ3) is 4.09. The summed E-state index contributed by atoms with van der Waals surface area (Å²) in [6, 6.07) is 8.22. The van der Waals surface area contributed by atoms with Crippen LogP contribution in [0.25, 0.3) is 0 Å². The van der Waals surface area contributed by atoms with Crippen LogP contribution in [0.15, 0.2) is 24.3 Å². The Morgan fingerprint density at radius 1 is 1.33 bits per heavy atom. The van der Waals surface area contributed by atoms with E-state index in [1.807, 2.05) is 6.92 Å². The van der Waals surface area contributed by atoms with E-state index in [9.17, 15) is 5.11 Å². The molecule has 0 bridgehead atoms. The first kappa shape index (κ1) is 12.9. The average molecular weight is 320 g/mol. The number of halogens is 1. The van der Waals surface area contributed by atoms with E-state index >= 15 is 0 Å². The van der Waals surface area contributed by atoms with Gasteiger partial charge in [0.2, 0.25) is 0 Å². The molecule has 0 saturated heterocycles. The third-order valence-corrected chi connectivity index (χ3v) is 3.24. The van der Waals surface area contributed by atoms with E-state index in [-0.39, 0.29) is 0 Å². The normalized spacial score (nSPS) is 14.9. The van der Waals surface area contributed by atoms with Crippen molar-refractivity contribution in [1.29, 1.82) is 0 Å². The largest absolute Gasteiger partial charge is 0.387 e. The van der Waals surface area contributed by atoms with Gasteiger partial charge in [-0.2, -0.15) is 0 Å². The van der Waals surface area contributed by atoms with E-state index in [1.165, 1.54) is 3.57 Å². The number of hydrogen-bond donors (Lipinski definition) is 1. The highest BCUT2D eigenvalue weighted by molar-refractivity contribution is 14.1. The van der Waals surface area contributed by atoms with Gasteiger partial charge in [0.1, 0.15) is 0 Å².